The maximum Gasteiger partial charge on any atom is 0.0449 e. The Morgan fingerprint density at radius 2 is 0.622 bits per heavy atom. The van der Waals surface area contributed by atoms with E-state index in [1.807, 2.05) is 58.3 Å². The molecule has 7 aromatic rings. The van der Waals surface area contributed by atoms with Gasteiger partial charge in [-0.2, -0.15) is 0 Å². The van der Waals surface area contributed by atoms with Crippen LogP contribution in [-0.2, 0) is 0 Å². The lowest BCUT2D eigenvalue weighted by atomic mass is 10.1. The second-order valence-corrected chi connectivity index (χ2v) is 12.0. The molecule has 0 atom stereocenters. The van der Waals surface area contributed by atoms with Gasteiger partial charge in [0.1, 0.15) is 0 Å². The summed E-state index contributed by atoms with van der Waals surface area (Å²) in [7, 11) is 0. The molecule has 2 aromatic carbocycles. The molecule has 0 spiro atoms. The third-order valence-electron chi connectivity index (χ3n) is 6.41. The Kier molecular flexibility index (Phi) is 5.74. The van der Waals surface area contributed by atoms with Crippen molar-refractivity contribution in [3.8, 4) is 51.8 Å². The number of aromatic nitrogens is 2. The van der Waals surface area contributed by atoms with Gasteiger partial charge < -0.3 is 9.13 Å². The minimum atomic E-state index is 1.18. The van der Waals surface area contributed by atoms with Crippen LogP contribution in [0.5, 0.6) is 0 Å². The summed E-state index contributed by atoms with van der Waals surface area (Å²) in [6.45, 7) is 0. The lowest BCUT2D eigenvalue weighted by Gasteiger charge is -2.04. The molecule has 0 saturated carbocycles. The van der Waals surface area contributed by atoms with Crippen molar-refractivity contribution in [2.24, 2.45) is 0 Å². The van der Waals surface area contributed by atoms with Crippen molar-refractivity contribution >= 4 is 34.0 Å². The number of hydrogen-bond acceptors (Lipinski definition) is 3. The fraction of sp³-hybridized carbons (Fsp3) is 0. The molecule has 0 aliphatic carbocycles. The Hall–Kier alpha value is -3.90. The van der Waals surface area contributed by atoms with E-state index in [-0.39, 0.29) is 0 Å². The molecule has 5 aromatic heterocycles. The average Bonchev–Trinajstić information content (AvgIpc) is 3.77. The smallest absolute Gasteiger partial charge is 0.0449 e. The van der Waals surface area contributed by atoms with Crippen molar-refractivity contribution in [2.75, 3.05) is 0 Å². The molecular formula is C32H22N2S3. The molecule has 2 nitrogen and oxygen atoms in total. The molecular weight excluding hydrogens is 509 g/mol. The highest BCUT2D eigenvalue weighted by Crippen LogP contribution is 2.43. The van der Waals surface area contributed by atoms with E-state index in [2.05, 4.69) is 119 Å². The lowest BCUT2D eigenvalue weighted by Crippen LogP contribution is -1.88. The summed E-state index contributed by atoms with van der Waals surface area (Å²) in [5, 5.41) is 0. The first-order chi connectivity index (χ1) is 18.3. The first-order valence-electron chi connectivity index (χ1n) is 12.1. The number of hydrogen-bond donors (Lipinski definition) is 0. The van der Waals surface area contributed by atoms with E-state index in [4.69, 9.17) is 0 Å². The molecule has 0 unspecified atom stereocenters. The molecule has 0 fully saturated rings. The van der Waals surface area contributed by atoms with Crippen LogP contribution >= 0.6 is 34.0 Å². The van der Waals surface area contributed by atoms with E-state index in [9.17, 15) is 0 Å². The normalized spacial score (nSPS) is 11.2. The predicted molar refractivity (Wildman–Crippen MR) is 160 cm³/mol. The molecule has 0 amide bonds. The van der Waals surface area contributed by atoms with Crippen LogP contribution in [0.1, 0.15) is 0 Å². The highest BCUT2D eigenvalue weighted by atomic mass is 32.1. The third-order valence-corrected chi connectivity index (χ3v) is 10.2. The van der Waals surface area contributed by atoms with Gasteiger partial charge in [0.05, 0.1) is 0 Å². The van der Waals surface area contributed by atoms with E-state index < -0.39 is 0 Å². The van der Waals surface area contributed by atoms with Gasteiger partial charge >= 0.3 is 0 Å². The summed E-state index contributed by atoms with van der Waals surface area (Å²) in [4.78, 5) is 7.87. The SMILES string of the molecule is c1ccn(-c2ccc(-c3ccc(-c4ccc(-c5ccc(-c6ccc(-n7cccc7)cc6)s5)s4)s3)cc2)c1. The van der Waals surface area contributed by atoms with E-state index in [1.54, 1.807) is 0 Å². The second-order valence-electron chi connectivity index (χ2n) is 8.77. The zero-order valence-electron chi connectivity index (χ0n) is 19.8. The van der Waals surface area contributed by atoms with Gasteiger partial charge in [0.2, 0.25) is 0 Å². The van der Waals surface area contributed by atoms with Crippen molar-refractivity contribution < 1.29 is 0 Å². The zero-order chi connectivity index (χ0) is 24.6. The van der Waals surface area contributed by atoms with Crippen molar-refractivity contribution in [3.63, 3.8) is 0 Å². The molecule has 178 valence electrons. The highest BCUT2D eigenvalue weighted by Gasteiger charge is 2.11. The van der Waals surface area contributed by atoms with Gasteiger partial charge in [-0.3, -0.25) is 0 Å². The first-order valence-corrected chi connectivity index (χ1v) is 14.5. The lowest BCUT2D eigenvalue weighted by molar-refractivity contribution is 1.08. The highest BCUT2D eigenvalue weighted by molar-refractivity contribution is 7.27. The molecule has 0 N–H and O–H groups in total. The fourth-order valence-electron chi connectivity index (χ4n) is 4.46. The van der Waals surface area contributed by atoms with Gasteiger partial charge in [0.25, 0.3) is 0 Å². The largest absolute Gasteiger partial charge is 0.324 e. The van der Waals surface area contributed by atoms with Crippen LogP contribution in [0.15, 0.2) is 134 Å². The van der Waals surface area contributed by atoms with E-state index in [0.29, 0.717) is 0 Å². The van der Waals surface area contributed by atoms with Crippen molar-refractivity contribution in [3.05, 3.63) is 134 Å². The van der Waals surface area contributed by atoms with Crippen LogP contribution in [0.3, 0.4) is 0 Å². The topological polar surface area (TPSA) is 9.86 Å². The van der Waals surface area contributed by atoms with Gasteiger partial charge in [-0.05, 0) is 96.1 Å². The molecule has 37 heavy (non-hydrogen) atoms. The summed E-state index contributed by atoms with van der Waals surface area (Å²) >= 11 is 5.59. The summed E-state index contributed by atoms with van der Waals surface area (Å²) < 4.78 is 4.26. The molecule has 0 radical (unpaired) electrons. The standard InChI is InChI=1S/C32H22N2S3/c1-2-20-33(19-1)25-9-5-23(6-10-25)27-13-15-29(35-27)31-17-18-32(37-31)30-16-14-28(36-30)24-7-11-26(12-8-24)34-21-3-4-22-34/h1-22H. The average molecular weight is 531 g/mol. The fourth-order valence-corrected chi connectivity index (χ4v) is 7.67. The Balaban J connectivity index is 1.09. The predicted octanol–water partition coefficient (Wildman–Crippen LogP) is 10.1. The van der Waals surface area contributed by atoms with Crippen molar-refractivity contribution in [2.45, 2.75) is 0 Å². The number of benzene rings is 2. The molecule has 0 aliphatic rings. The molecule has 5 heterocycles. The van der Waals surface area contributed by atoms with E-state index >= 15 is 0 Å². The minimum absolute atomic E-state index is 1.18. The van der Waals surface area contributed by atoms with Crippen LogP contribution in [0.25, 0.3) is 51.8 Å². The van der Waals surface area contributed by atoms with E-state index in [0.717, 1.165) is 0 Å². The van der Waals surface area contributed by atoms with Crippen LogP contribution in [0, 0.1) is 0 Å². The first kappa shape index (κ1) is 22.3. The second kappa shape index (κ2) is 9.52. The molecule has 5 heteroatoms. The third kappa shape index (κ3) is 4.42. The van der Waals surface area contributed by atoms with Crippen LogP contribution in [0.4, 0.5) is 0 Å². The molecule has 0 bridgehead atoms. The van der Waals surface area contributed by atoms with Gasteiger partial charge in [-0.15, -0.1) is 34.0 Å². The molecule has 7 rings (SSSR count). The van der Waals surface area contributed by atoms with Gasteiger partial charge in [-0.1, -0.05) is 24.3 Å². The van der Waals surface area contributed by atoms with Crippen molar-refractivity contribution in [1.29, 1.82) is 0 Å². The van der Waals surface area contributed by atoms with Crippen LogP contribution in [0.2, 0.25) is 0 Å². The Bertz CT molecular complexity index is 1610. The monoisotopic (exact) mass is 530 g/mol. The van der Waals surface area contributed by atoms with Gasteiger partial charge in [0.15, 0.2) is 0 Å². The molecule has 0 saturated heterocycles. The quantitative estimate of drug-likeness (QED) is 0.202. The Morgan fingerprint density at radius 3 is 0.973 bits per heavy atom. The maximum absolute atomic E-state index is 2.26. The molecule has 0 aliphatic heterocycles. The maximum atomic E-state index is 2.26. The Morgan fingerprint density at radius 1 is 0.324 bits per heavy atom. The van der Waals surface area contributed by atoms with Crippen molar-refractivity contribution in [1.82, 2.24) is 9.13 Å². The summed E-state index contributed by atoms with van der Waals surface area (Å²) in [5.74, 6) is 0. The van der Waals surface area contributed by atoms with E-state index in [1.165, 1.54) is 51.8 Å². The number of rotatable bonds is 6. The zero-order valence-corrected chi connectivity index (χ0v) is 22.3. The summed E-state index contributed by atoms with van der Waals surface area (Å²) in [6, 6.07) is 39.3. The van der Waals surface area contributed by atoms with Gasteiger partial charge in [-0.25, -0.2) is 0 Å². The van der Waals surface area contributed by atoms with Gasteiger partial charge in [0, 0.05) is 65.4 Å². The number of thiophene rings is 3. The summed E-state index contributed by atoms with van der Waals surface area (Å²) in [6.07, 6.45) is 8.29. The Labute approximate surface area is 228 Å². The minimum Gasteiger partial charge on any atom is -0.324 e. The van der Waals surface area contributed by atoms with Crippen LogP contribution in [-0.4, -0.2) is 9.13 Å². The van der Waals surface area contributed by atoms with Crippen LogP contribution < -0.4 is 0 Å². The number of nitrogens with zero attached hydrogens (tertiary/aromatic N) is 2. The summed E-state index contributed by atoms with van der Waals surface area (Å²) in [5.41, 5.74) is 4.88.